The number of aliphatic imine (C=N–C) groups is 1. The van der Waals surface area contributed by atoms with Crippen LogP contribution in [-0.4, -0.2) is 43.0 Å². The Balaban J connectivity index is 2.38. The third kappa shape index (κ3) is 9.05. The molecule has 0 bridgehead atoms. The van der Waals surface area contributed by atoms with Crippen LogP contribution in [0.3, 0.4) is 0 Å². The molecule has 4 N–H and O–H groups in total. The fraction of sp³-hybridized carbons (Fsp3) is 0.588. The van der Waals surface area contributed by atoms with Crippen LogP contribution in [0.5, 0.6) is 5.75 Å². The first kappa shape index (κ1) is 19.3. The van der Waals surface area contributed by atoms with E-state index in [1.165, 1.54) is 0 Å². The molecule has 6 nitrogen and oxygen atoms in total. The van der Waals surface area contributed by atoms with Gasteiger partial charge < -0.3 is 25.6 Å². The van der Waals surface area contributed by atoms with Gasteiger partial charge in [0.2, 0.25) is 0 Å². The molecule has 130 valence electrons. The van der Waals surface area contributed by atoms with Gasteiger partial charge in [-0.25, -0.2) is 0 Å². The molecule has 0 fully saturated rings. The Hall–Kier alpha value is -1.79. The van der Waals surface area contributed by atoms with E-state index in [1.54, 1.807) is 0 Å². The zero-order valence-corrected chi connectivity index (χ0v) is 14.5. The summed E-state index contributed by atoms with van der Waals surface area (Å²) in [7, 11) is 0. The lowest BCUT2D eigenvalue weighted by Crippen LogP contribution is -2.26. The molecule has 0 aliphatic carbocycles. The second-order valence-electron chi connectivity index (χ2n) is 6.13. The lowest BCUT2D eigenvalue weighted by Gasteiger charge is -2.12. The van der Waals surface area contributed by atoms with Gasteiger partial charge in [-0.15, -0.1) is 0 Å². The van der Waals surface area contributed by atoms with Gasteiger partial charge in [0.25, 0.3) is 0 Å². The average Bonchev–Trinajstić information content (AvgIpc) is 2.46. The molecule has 0 aliphatic heterocycles. The average molecular weight is 323 g/mol. The normalized spacial score (nSPS) is 13.4. The topological polar surface area (TPSA) is 89.1 Å². The summed E-state index contributed by atoms with van der Waals surface area (Å²) in [4.78, 5) is 4.11. The van der Waals surface area contributed by atoms with E-state index in [2.05, 4.69) is 24.2 Å². The molecule has 0 radical (unpaired) electrons. The Labute approximate surface area is 138 Å². The zero-order valence-electron chi connectivity index (χ0n) is 14.5. The lowest BCUT2D eigenvalue weighted by atomic mass is 10.2. The summed E-state index contributed by atoms with van der Waals surface area (Å²) >= 11 is 0. The van der Waals surface area contributed by atoms with Crippen molar-refractivity contribution < 1.29 is 14.6 Å². The minimum Gasteiger partial charge on any atom is -0.491 e. The fourth-order valence-electron chi connectivity index (χ4n) is 1.77. The van der Waals surface area contributed by atoms with Gasteiger partial charge in [-0.3, -0.25) is 4.99 Å². The van der Waals surface area contributed by atoms with Crippen LogP contribution in [0.25, 0.3) is 0 Å². The van der Waals surface area contributed by atoms with Crippen molar-refractivity contribution in [2.24, 2.45) is 16.6 Å². The largest absolute Gasteiger partial charge is 0.491 e. The van der Waals surface area contributed by atoms with Crippen LogP contribution < -0.4 is 15.8 Å². The zero-order chi connectivity index (χ0) is 17.2. The molecule has 0 aliphatic rings. The number of rotatable bonds is 9. The number of anilines is 1. The molecular formula is C17H29N3O3. The third-order valence-electron chi connectivity index (χ3n) is 2.73. The standard InChI is InChI=1S/C17H29N3O3/c1-12(2)10-22-11-15(21)9-19-17(18)20-14-5-7-16(8-6-14)23-13(3)4/h5-8,12-13,15,21H,9-11H2,1-4H3,(H3,18,19,20). The highest BCUT2D eigenvalue weighted by Crippen LogP contribution is 2.16. The van der Waals surface area contributed by atoms with Crippen molar-refractivity contribution in [3.8, 4) is 5.75 Å². The monoisotopic (exact) mass is 323 g/mol. The maximum atomic E-state index is 9.77. The second-order valence-corrected chi connectivity index (χ2v) is 6.13. The van der Waals surface area contributed by atoms with Gasteiger partial charge in [-0.05, 0) is 44.0 Å². The Kier molecular flexibility index (Phi) is 8.43. The molecule has 23 heavy (non-hydrogen) atoms. The molecule has 6 heteroatoms. The Bertz CT molecular complexity index is 472. The number of aliphatic hydroxyl groups excluding tert-OH is 1. The van der Waals surface area contributed by atoms with Gasteiger partial charge >= 0.3 is 0 Å². The molecule has 0 spiro atoms. The van der Waals surface area contributed by atoms with Gasteiger partial charge in [0.15, 0.2) is 5.96 Å². The van der Waals surface area contributed by atoms with Crippen molar-refractivity contribution in [1.29, 1.82) is 0 Å². The molecule has 1 rings (SSSR count). The molecule has 0 heterocycles. The number of aliphatic hydroxyl groups is 1. The van der Waals surface area contributed by atoms with E-state index < -0.39 is 6.10 Å². The quantitative estimate of drug-likeness (QED) is 0.479. The molecular weight excluding hydrogens is 294 g/mol. The van der Waals surface area contributed by atoms with Crippen LogP contribution in [-0.2, 0) is 4.74 Å². The summed E-state index contributed by atoms with van der Waals surface area (Å²) in [6.45, 7) is 9.16. The number of hydrogen-bond donors (Lipinski definition) is 3. The summed E-state index contributed by atoms with van der Waals surface area (Å²) in [5, 5.41) is 12.7. The van der Waals surface area contributed by atoms with Gasteiger partial charge in [0.05, 0.1) is 25.4 Å². The molecule has 0 amide bonds. The van der Waals surface area contributed by atoms with E-state index in [1.807, 2.05) is 38.1 Å². The highest BCUT2D eigenvalue weighted by molar-refractivity contribution is 5.92. The lowest BCUT2D eigenvalue weighted by molar-refractivity contribution is 0.0302. The van der Waals surface area contributed by atoms with Gasteiger partial charge in [0.1, 0.15) is 5.75 Å². The maximum absolute atomic E-state index is 9.77. The number of ether oxygens (including phenoxy) is 2. The number of nitrogens with zero attached hydrogens (tertiary/aromatic N) is 1. The summed E-state index contributed by atoms with van der Waals surface area (Å²) in [6.07, 6.45) is -0.518. The van der Waals surface area contributed by atoms with Crippen LogP contribution in [0.2, 0.25) is 0 Å². The van der Waals surface area contributed by atoms with Crippen molar-refractivity contribution in [2.45, 2.75) is 39.9 Å². The molecule has 1 aromatic rings. The van der Waals surface area contributed by atoms with E-state index in [0.29, 0.717) is 12.5 Å². The van der Waals surface area contributed by atoms with Gasteiger partial charge in [0, 0.05) is 12.3 Å². The van der Waals surface area contributed by atoms with E-state index in [0.717, 1.165) is 11.4 Å². The third-order valence-corrected chi connectivity index (χ3v) is 2.73. The minimum atomic E-state index is -0.657. The van der Waals surface area contributed by atoms with Gasteiger partial charge in [-0.1, -0.05) is 13.8 Å². The summed E-state index contributed by atoms with van der Waals surface area (Å²) < 4.78 is 10.9. The van der Waals surface area contributed by atoms with Crippen molar-refractivity contribution >= 4 is 11.6 Å². The number of hydrogen-bond acceptors (Lipinski definition) is 4. The van der Waals surface area contributed by atoms with E-state index in [4.69, 9.17) is 15.2 Å². The molecule has 0 saturated carbocycles. The van der Waals surface area contributed by atoms with Crippen molar-refractivity contribution in [2.75, 3.05) is 25.1 Å². The van der Waals surface area contributed by atoms with Crippen LogP contribution in [0.15, 0.2) is 29.3 Å². The number of guanidine groups is 1. The van der Waals surface area contributed by atoms with Crippen LogP contribution in [0.4, 0.5) is 5.69 Å². The van der Waals surface area contributed by atoms with Crippen molar-refractivity contribution in [3.05, 3.63) is 24.3 Å². The van der Waals surface area contributed by atoms with Gasteiger partial charge in [-0.2, -0.15) is 0 Å². The van der Waals surface area contributed by atoms with E-state index in [-0.39, 0.29) is 25.2 Å². The number of nitrogens with two attached hydrogens (primary N) is 1. The Morgan fingerprint density at radius 2 is 1.83 bits per heavy atom. The maximum Gasteiger partial charge on any atom is 0.193 e. The Morgan fingerprint density at radius 3 is 2.39 bits per heavy atom. The van der Waals surface area contributed by atoms with E-state index >= 15 is 0 Å². The number of benzene rings is 1. The fourth-order valence-corrected chi connectivity index (χ4v) is 1.77. The number of nitrogens with one attached hydrogen (secondary N) is 1. The predicted octanol–water partition coefficient (Wildman–Crippen LogP) is 2.23. The van der Waals surface area contributed by atoms with Crippen LogP contribution in [0.1, 0.15) is 27.7 Å². The SMILES string of the molecule is CC(C)COCC(O)CN=C(N)Nc1ccc(OC(C)C)cc1. The predicted molar refractivity (Wildman–Crippen MR) is 94.0 cm³/mol. The summed E-state index contributed by atoms with van der Waals surface area (Å²) in [6, 6.07) is 7.46. The highest BCUT2D eigenvalue weighted by Gasteiger charge is 2.05. The molecule has 1 atom stereocenters. The first-order valence-corrected chi connectivity index (χ1v) is 7.96. The molecule has 1 aromatic carbocycles. The Morgan fingerprint density at radius 1 is 1.17 bits per heavy atom. The molecule has 1 unspecified atom stereocenters. The second kappa shape index (κ2) is 10.1. The minimum absolute atomic E-state index is 0.139. The summed E-state index contributed by atoms with van der Waals surface area (Å²) in [5.74, 6) is 1.50. The summed E-state index contributed by atoms with van der Waals surface area (Å²) in [5.41, 5.74) is 6.62. The smallest absolute Gasteiger partial charge is 0.193 e. The van der Waals surface area contributed by atoms with Crippen molar-refractivity contribution in [1.82, 2.24) is 0 Å². The molecule has 0 aromatic heterocycles. The van der Waals surface area contributed by atoms with Crippen LogP contribution in [0, 0.1) is 5.92 Å². The first-order chi connectivity index (χ1) is 10.9. The van der Waals surface area contributed by atoms with E-state index in [9.17, 15) is 5.11 Å². The van der Waals surface area contributed by atoms with Crippen molar-refractivity contribution in [3.63, 3.8) is 0 Å². The highest BCUT2D eigenvalue weighted by atomic mass is 16.5. The van der Waals surface area contributed by atoms with Crippen LogP contribution >= 0.6 is 0 Å². The molecule has 0 saturated heterocycles. The first-order valence-electron chi connectivity index (χ1n) is 7.96.